The number of anilines is 1. The molecule has 0 aliphatic carbocycles. The molecule has 0 unspecified atom stereocenters. The Hall–Kier alpha value is -3.08. The Labute approximate surface area is 179 Å². The highest BCUT2D eigenvalue weighted by Gasteiger charge is 2.17. The van der Waals surface area contributed by atoms with Crippen molar-refractivity contribution in [3.8, 4) is 0 Å². The lowest BCUT2D eigenvalue weighted by Crippen LogP contribution is -2.32. The monoisotopic (exact) mass is 405 g/mol. The molecule has 30 heavy (non-hydrogen) atoms. The zero-order valence-corrected chi connectivity index (χ0v) is 18.1. The molecule has 2 N–H and O–H groups in total. The van der Waals surface area contributed by atoms with Crippen molar-refractivity contribution in [2.75, 3.05) is 18.4 Å². The predicted molar refractivity (Wildman–Crippen MR) is 122 cm³/mol. The van der Waals surface area contributed by atoms with E-state index in [2.05, 4.69) is 43.5 Å². The number of amides is 3. The van der Waals surface area contributed by atoms with Gasteiger partial charge in [-0.2, -0.15) is 0 Å². The van der Waals surface area contributed by atoms with Gasteiger partial charge in [0, 0.05) is 31.4 Å². The fourth-order valence-corrected chi connectivity index (χ4v) is 3.40. The van der Waals surface area contributed by atoms with Crippen LogP contribution in [-0.2, 0) is 16.8 Å². The molecule has 158 valence electrons. The molecule has 0 radical (unpaired) electrons. The third-order valence-corrected chi connectivity index (χ3v) is 5.24. The molecule has 2 aromatic carbocycles. The number of nitrogens with one attached hydrogen (secondary N) is 2. The van der Waals surface area contributed by atoms with Crippen LogP contribution in [0.5, 0.6) is 0 Å². The maximum absolute atomic E-state index is 12.2. The van der Waals surface area contributed by atoms with Crippen LogP contribution >= 0.6 is 0 Å². The van der Waals surface area contributed by atoms with E-state index in [1.807, 2.05) is 47.4 Å². The number of urea groups is 1. The molecule has 0 aromatic heterocycles. The molecule has 5 heteroatoms. The molecule has 0 saturated carbocycles. The Balaban J connectivity index is 1.50. The summed E-state index contributed by atoms with van der Waals surface area (Å²) in [6.07, 6.45) is 5.49. The minimum Gasteiger partial charge on any atom is -0.348 e. The van der Waals surface area contributed by atoms with Gasteiger partial charge in [0.1, 0.15) is 0 Å². The lowest BCUT2D eigenvalue weighted by atomic mass is 9.87. The molecule has 0 spiro atoms. The third kappa shape index (κ3) is 6.21. The zero-order chi connectivity index (χ0) is 21.6. The second-order valence-corrected chi connectivity index (χ2v) is 8.75. The van der Waals surface area contributed by atoms with Gasteiger partial charge in [0.25, 0.3) is 0 Å². The Bertz CT molecular complexity index is 905. The molecule has 1 aliphatic rings. The second kappa shape index (κ2) is 9.61. The lowest BCUT2D eigenvalue weighted by Gasteiger charge is -2.18. The average Bonchev–Trinajstić information content (AvgIpc) is 3.26. The van der Waals surface area contributed by atoms with Crippen LogP contribution in [0.1, 0.15) is 50.3 Å². The van der Waals surface area contributed by atoms with Crippen LogP contribution in [0.4, 0.5) is 10.5 Å². The number of hydrogen-bond donors (Lipinski definition) is 2. The van der Waals surface area contributed by atoms with Gasteiger partial charge in [0.2, 0.25) is 5.91 Å². The van der Waals surface area contributed by atoms with Crippen molar-refractivity contribution in [2.24, 2.45) is 0 Å². The topological polar surface area (TPSA) is 61.4 Å². The van der Waals surface area contributed by atoms with Gasteiger partial charge in [0.05, 0.1) is 0 Å². The van der Waals surface area contributed by atoms with Gasteiger partial charge >= 0.3 is 6.03 Å². The van der Waals surface area contributed by atoms with E-state index in [0.717, 1.165) is 42.7 Å². The van der Waals surface area contributed by atoms with Gasteiger partial charge in [-0.15, -0.1) is 0 Å². The largest absolute Gasteiger partial charge is 0.348 e. The highest BCUT2D eigenvalue weighted by molar-refractivity contribution is 5.92. The number of hydrogen-bond acceptors (Lipinski definition) is 2. The normalized spacial score (nSPS) is 14.2. The summed E-state index contributed by atoms with van der Waals surface area (Å²) in [6.45, 7) is 8.56. The van der Waals surface area contributed by atoms with Crippen molar-refractivity contribution in [3.05, 3.63) is 71.3 Å². The molecular weight excluding hydrogens is 374 g/mol. The summed E-state index contributed by atoms with van der Waals surface area (Å²) in [5, 5.41) is 5.83. The smallest absolute Gasteiger partial charge is 0.321 e. The van der Waals surface area contributed by atoms with Crippen LogP contribution in [0.25, 0.3) is 6.08 Å². The lowest BCUT2D eigenvalue weighted by molar-refractivity contribution is -0.116. The fraction of sp³-hybridized carbons (Fsp3) is 0.360. The van der Waals surface area contributed by atoms with Crippen molar-refractivity contribution < 1.29 is 9.59 Å². The third-order valence-electron chi connectivity index (χ3n) is 5.24. The molecule has 1 saturated heterocycles. The molecule has 0 atom stereocenters. The molecular formula is C25H31N3O2. The second-order valence-electron chi connectivity index (χ2n) is 8.75. The Kier molecular flexibility index (Phi) is 6.93. The van der Waals surface area contributed by atoms with Crippen LogP contribution in [0.3, 0.4) is 0 Å². The van der Waals surface area contributed by atoms with Crippen LogP contribution in [0.2, 0.25) is 0 Å². The van der Waals surface area contributed by atoms with Gasteiger partial charge in [-0.05, 0) is 53.2 Å². The van der Waals surface area contributed by atoms with Gasteiger partial charge < -0.3 is 15.5 Å². The van der Waals surface area contributed by atoms with E-state index in [0.29, 0.717) is 6.54 Å². The van der Waals surface area contributed by atoms with Crippen molar-refractivity contribution in [1.82, 2.24) is 10.2 Å². The predicted octanol–water partition coefficient (Wildman–Crippen LogP) is 4.94. The number of benzene rings is 2. The first-order valence-electron chi connectivity index (χ1n) is 10.5. The first-order valence-corrected chi connectivity index (χ1v) is 10.5. The number of likely N-dealkylation sites (tertiary alicyclic amines) is 1. The van der Waals surface area contributed by atoms with Crippen LogP contribution in [0.15, 0.2) is 54.6 Å². The maximum Gasteiger partial charge on any atom is 0.321 e. The maximum atomic E-state index is 12.2. The number of nitrogens with zero attached hydrogens (tertiary/aromatic N) is 1. The summed E-state index contributed by atoms with van der Waals surface area (Å²) < 4.78 is 0. The molecule has 3 amide bonds. The minimum atomic E-state index is -0.151. The van der Waals surface area contributed by atoms with E-state index in [9.17, 15) is 9.59 Å². The number of carbonyl (C=O) groups excluding carboxylic acids is 2. The Morgan fingerprint density at radius 1 is 1.03 bits per heavy atom. The standard InChI is InChI=1S/C25H31N3O2/c1-25(2,3)21-12-9-19(10-13-21)11-14-23(29)26-18-20-7-6-8-22(17-20)27-24(30)28-15-4-5-16-28/h6-14,17H,4-5,15-16,18H2,1-3H3,(H,26,29)(H,27,30)/b14-11+. The zero-order valence-electron chi connectivity index (χ0n) is 18.1. The SMILES string of the molecule is CC(C)(C)c1ccc(/C=C/C(=O)NCc2cccc(NC(=O)N3CCCC3)c2)cc1. The van der Waals surface area contributed by atoms with Gasteiger partial charge in [0.15, 0.2) is 0 Å². The van der Waals surface area contributed by atoms with E-state index in [1.54, 1.807) is 6.08 Å². The number of carbonyl (C=O) groups is 2. The Morgan fingerprint density at radius 2 is 1.73 bits per heavy atom. The molecule has 1 heterocycles. The summed E-state index contributed by atoms with van der Waals surface area (Å²) in [5.41, 5.74) is 4.05. The van der Waals surface area contributed by atoms with E-state index in [1.165, 1.54) is 5.56 Å². The van der Waals surface area contributed by atoms with Crippen LogP contribution in [0, 0.1) is 0 Å². The van der Waals surface area contributed by atoms with Gasteiger partial charge in [-0.3, -0.25) is 4.79 Å². The highest BCUT2D eigenvalue weighted by Crippen LogP contribution is 2.22. The van der Waals surface area contributed by atoms with Gasteiger partial charge in [-0.1, -0.05) is 57.2 Å². The molecule has 3 rings (SSSR count). The molecule has 1 aliphatic heterocycles. The van der Waals surface area contributed by atoms with Crippen molar-refractivity contribution in [1.29, 1.82) is 0 Å². The van der Waals surface area contributed by atoms with E-state index in [4.69, 9.17) is 0 Å². The van der Waals surface area contributed by atoms with Crippen molar-refractivity contribution in [3.63, 3.8) is 0 Å². The van der Waals surface area contributed by atoms with Crippen LogP contribution < -0.4 is 10.6 Å². The summed E-state index contributed by atoms with van der Waals surface area (Å²) in [4.78, 5) is 26.2. The molecule has 0 bridgehead atoms. The molecule has 1 fully saturated rings. The van der Waals surface area contributed by atoms with Crippen LogP contribution in [-0.4, -0.2) is 29.9 Å². The van der Waals surface area contributed by atoms with E-state index in [-0.39, 0.29) is 17.4 Å². The first-order chi connectivity index (χ1) is 14.3. The minimum absolute atomic E-state index is 0.0610. The average molecular weight is 406 g/mol. The molecule has 5 nitrogen and oxygen atoms in total. The number of rotatable bonds is 5. The van der Waals surface area contributed by atoms with E-state index >= 15 is 0 Å². The van der Waals surface area contributed by atoms with E-state index < -0.39 is 0 Å². The molecule has 2 aromatic rings. The summed E-state index contributed by atoms with van der Waals surface area (Å²) in [5.74, 6) is -0.151. The summed E-state index contributed by atoms with van der Waals surface area (Å²) >= 11 is 0. The van der Waals surface area contributed by atoms with Gasteiger partial charge in [-0.25, -0.2) is 4.79 Å². The Morgan fingerprint density at radius 3 is 2.40 bits per heavy atom. The quantitative estimate of drug-likeness (QED) is 0.692. The van der Waals surface area contributed by atoms with Crippen molar-refractivity contribution in [2.45, 2.75) is 45.6 Å². The van der Waals surface area contributed by atoms with Crippen molar-refractivity contribution >= 4 is 23.7 Å². The summed E-state index contributed by atoms with van der Waals surface area (Å²) in [7, 11) is 0. The fourth-order valence-electron chi connectivity index (χ4n) is 3.40. The first kappa shape index (κ1) is 21.6. The highest BCUT2D eigenvalue weighted by atomic mass is 16.2. The summed E-state index contributed by atoms with van der Waals surface area (Å²) in [6, 6.07) is 15.7.